The van der Waals surface area contributed by atoms with Gasteiger partial charge in [0.1, 0.15) is 29.8 Å². The number of nitrogens with zero attached hydrogens (tertiary/aromatic N) is 2. The number of halogens is 1. The lowest BCUT2D eigenvalue weighted by Crippen LogP contribution is -2.42. The first-order chi connectivity index (χ1) is 16.9. The highest BCUT2D eigenvalue weighted by Gasteiger charge is 2.35. The largest absolute Gasteiger partial charge is 0.457 e. The Bertz CT molecular complexity index is 1510. The number of benzene rings is 2. The summed E-state index contributed by atoms with van der Waals surface area (Å²) >= 11 is 5.93. The monoisotopic (exact) mass is 484 g/mol. The number of imide groups is 1. The zero-order chi connectivity index (χ0) is 24.7. The Hall–Kier alpha value is -4.41. The third-order valence-corrected chi connectivity index (χ3v) is 6.22. The lowest BCUT2D eigenvalue weighted by Gasteiger charge is -2.27. The molecule has 0 unspecified atom stereocenters. The summed E-state index contributed by atoms with van der Waals surface area (Å²) in [6.07, 6.45) is 1.52. The number of ether oxygens (including phenoxy) is 1. The molecule has 8 heteroatoms. The Morgan fingerprint density at radius 3 is 2.57 bits per heavy atom. The van der Waals surface area contributed by atoms with E-state index in [2.05, 4.69) is 0 Å². The number of nitriles is 1. The molecule has 1 aromatic heterocycles. The number of esters is 1. The Morgan fingerprint density at radius 1 is 1.06 bits per heavy atom. The number of hydrogen-bond donors (Lipinski definition) is 0. The van der Waals surface area contributed by atoms with Crippen LogP contribution in [0.4, 0.5) is 0 Å². The molecule has 7 nitrogen and oxygen atoms in total. The quantitative estimate of drug-likeness (QED) is 0.291. The summed E-state index contributed by atoms with van der Waals surface area (Å²) in [6.45, 7) is 1.82. The van der Waals surface area contributed by atoms with E-state index in [-0.39, 0.29) is 35.8 Å². The van der Waals surface area contributed by atoms with Gasteiger partial charge in [-0.05, 0) is 54.5 Å². The maximum atomic E-state index is 13.3. The van der Waals surface area contributed by atoms with Crippen LogP contribution >= 0.6 is 11.6 Å². The molecular formula is C27H17ClN2O5. The molecule has 3 heterocycles. The molecule has 0 N–H and O–H groups in total. The third-order valence-electron chi connectivity index (χ3n) is 5.97. The molecular weight excluding hydrogens is 468 g/mol. The van der Waals surface area contributed by atoms with Gasteiger partial charge >= 0.3 is 5.97 Å². The van der Waals surface area contributed by atoms with Crippen molar-refractivity contribution in [2.45, 2.75) is 20.1 Å². The molecule has 5 rings (SSSR count). The molecule has 2 aliphatic heterocycles. The lowest BCUT2D eigenvalue weighted by molar-refractivity contribution is -0.141. The van der Waals surface area contributed by atoms with Crippen molar-refractivity contribution in [3.8, 4) is 17.4 Å². The smallest absolute Gasteiger partial charge is 0.338 e. The third kappa shape index (κ3) is 4.05. The van der Waals surface area contributed by atoms with Gasteiger partial charge in [-0.25, -0.2) is 4.79 Å². The molecule has 2 amide bonds. The van der Waals surface area contributed by atoms with E-state index in [9.17, 15) is 19.6 Å². The molecule has 0 bridgehead atoms. The van der Waals surface area contributed by atoms with Gasteiger partial charge in [-0.15, -0.1) is 0 Å². The predicted molar refractivity (Wildman–Crippen MR) is 127 cm³/mol. The standard InChI is InChI=1S/C27H17ClN2O5/c1-15-21(25(31)30(26(32)23(15)12-29)13-16-2-6-19(28)7-3-16)11-20-8-9-24(35-20)17-4-5-18-14-34-27(33)22(18)10-17/h2-11H,13-14H2,1H3/b21-11+. The normalized spacial score (nSPS) is 16.5. The summed E-state index contributed by atoms with van der Waals surface area (Å²) in [4.78, 5) is 39.1. The van der Waals surface area contributed by atoms with E-state index in [4.69, 9.17) is 20.8 Å². The van der Waals surface area contributed by atoms with Crippen molar-refractivity contribution < 1.29 is 23.5 Å². The van der Waals surface area contributed by atoms with E-state index in [1.807, 2.05) is 18.2 Å². The van der Waals surface area contributed by atoms with Crippen molar-refractivity contribution in [1.29, 1.82) is 5.26 Å². The first-order valence-corrected chi connectivity index (χ1v) is 11.1. The highest BCUT2D eigenvalue weighted by atomic mass is 35.5. The van der Waals surface area contributed by atoms with Crippen molar-refractivity contribution in [1.82, 2.24) is 4.90 Å². The van der Waals surface area contributed by atoms with Crippen LogP contribution in [0.15, 0.2) is 75.7 Å². The minimum Gasteiger partial charge on any atom is -0.457 e. The van der Waals surface area contributed by atoms with Gasteiger partial charge in [0.15, 0.2) is 0 Å². The van der Waals surface area contributed by atoms with Crippen molar-refractivity contribution in [2.75, 3.05) is 0 Å². The second-order valence-corrected chi connectivity index (χ2v) is 8.58. The van der Waals surface area contributed by atoms with Crippen LogP contribution in [0.3, 0.4) is 0 Å². The number of carbonyl (C=O) groups is 3. The maximum absolute atomic E-state index is 13.3. The van der Waals surface area contributed by atoms with E-state index in [0.717, 1.165) is 10.5 Å². The SMILES string of the molecule is CC1=C(C#N)C(=O)N(Cc2ccc(Cl)cc2)C(=O)/C1=C/c1ccc(-c2ccc3c(c2)C(=O)OC3)o1. The van der Waals surface area contributed by atoms with Crippen LogP contribution in [0.25, 0.3) is 17.4 Å². The number of cyclic esters (lactones) is 1. The van der Waals surface area contributed by atoms with Gasteiger partial charge in [-0.3, -0.25) is 14.5 Å². The fourth-order valence-corrected chi connectivity index (χ4v) is 4.17. The number of rotatable bonds is 4. The summed E-state index contributed by atoms with van der Waals surface area (Å²) < 4.78 is 11.0. The molecule has 0 saturated carbocycles. The van der Waals surface area contributed by atoms with Crippen LogP contribution in [-0.2, 0) is 27.5 Å². The summed E-state index contributed by atoms with van der Waals surface area (Å²) in [5, 5.41) is 10.1. The van der Waals surface area contributed by atoms with E-state index >= 15 is 0 Å². The fourth-order valence-electron chi connectivity index (χ4n) is 4.04. The highest BCUT2D eigenvalue weighted by molar-refractivity contribution is 6.30. The molecule has 35 heavy (non-hydrogen) atoms. The molecule has 0 atom stereocenters. The van der Waals surface area contributed by atoms with Crippen LogP contribution < -0.4 is 0 Å². The average molecular weight is 485 g/mol. The van der Waals surface area contributed by atoms with Gasteiger partial charge in [0.2, 0.25) is 0 Å². The molecule has 172 valence electrons. The summed E-state index contributed by atoms with van der Waals surface area (Å²) in [5.41, 5.74) is 3.07. The zero-order valence-corrected chi connectivity index (χ0v) is 19.3. The maximum Gasteiger partial charge on any atom is 0.338 e. The van der Waals surface area contributed by atoms with Crippen molar-refractivity contribution in [3.05, 3.63) is 98.8 Å². The second-order valence-electron chi connectivity index (χ2n) is 8.14. The van der Waals surface area contributed by atoms with Crippen LogP contribution in [0.5, 0.6) is 0 Å². The average Bonchev–Trinajstić information content (AvgIpc) is 3.47. The molecule has 0 spiro atoms. The summed E-state index contributed by atoms with van der Waals surface area (Å²) in [5.74, 6) is -0.687. The molecule has 2 aliphatic rings. The molecule has 0 saturated heterocycles. The predicted octanol–water partition coefficient (Wildman–Crippen LogP) is 5.06. The van der Waals surface area contributed by atoms with Gasteiger partial charge in [0, 0.05) is 21.7 Å². The minimum absolute atomic E-state index is 0.000729. The Kier molecular flexibility index (Phi) is 5.59. The topological polar surface area (TPSA) is 101 Å². The number of furan rings is 1. The fraction of sp³-hybridized carbons (Fsp3) is 0.111. The van der Waals surface area contributed by atoms with Crippen LogP contribution in [-0.4, -0.2) is 22.7 Å². The van der Waals surface area contributed by atoms with Gasteiger partial charge in [-0.2, -0.15) is 5.26 Å². The van der Waals surface area contributed by atoms with Crippen molar-refractivity contribution in [2.24, 2.45) is 0 Å². The lowest BCUT2D eigenvalue weighted by atomic mass is 9.94. The zero-order valence-electron chi connectivity index (χ0n) is 18.5. The number of amides is 2. The molecule has 2 aromatic carbocycles. The number of carbonyl (C=O) groups excluding carboxylic acids is 3. The van der Waals surface area contributed by atoms with Gasteiger partial charge in [0.25, 0.3) is 11.8 Å². The minimum atomic E-state index is -0.646. The van der Waals surface area contributed by atoms with Gasteiger partial charge in [-0.1, -0.05) is 35.9 Å². The van der Waals surface area contributed by atoms with E-state index in [1.54, 1.807) is 49.4 Å². The van der Waals surface area contributed by atoms with Crippen molar-refractivity contribution in [3.63, 3.8) is 0 Å². The van der Waals surface area contributed by atoms with Gasteiger partial charge < -0.3 is 9.15 Å². The van der Waals surface area contributed by atoms with E-state index in [1.165, 1.54) is 6.08 Å². The summed E-state index contributed by atoms with van der Waals surface area (Å²) in [6, 6.07) is 17.4. The first-order valence-electron chi connectivity index (χ1n) is 10.7. The molecule has 0 fully saturated rings. The highest BCUT2D eigenvalue weighted by Crippen LogP contribution is 2.32. The Balaban J connectivity index is 1.49. The van der Waals surface area contributed by atoms with E-state index in [0.29, 0.717) is 33.2 Å². The van der Waals surface area contributed by atoms with Crippen LogP contribution in [0.1, 0.15) is 34.2 Å². The Morgan fingerprint density at radius 2 is 1.83 bits per heavy atom. The van der Waals surface area contributed by atoms with Crippen LogP contribution in [0.2, 0.25) is 5.02 Å². The first kappa shape index (κ1) is 22.4. The molecule has 3 aromatic rings. The van der Waals surface area contributed by atoms with Crippen LogP contribution in [0, 0.1) is 11.3 Å². The van der Waals surface area contributed by atoms with E-state index < -0.39 is 11.8 Å². The Labute approximate surface area is 205 Å². The van der Waals surface area contributed by atoms with Gasteiger partial charge in [0.05, 0.1) is 12.1 Å². The summed E-state index contributed by atoms with van der Waals surface area (Å²) in [7, 11) is 0. The second kappa shape index (κ2) is 8.75. The number of fused-ring (bicyclic) bond motifs is 1. The van der Waals surface area contributed by atoms with Crippen molar-refractivity contribution >= 4 is 35.5 Å². The molecule has 0 aliphatic carbocycles. The number of hydrogen-bond acceptors (Lipinski definition) is 6. The molecule has 0 radical (unpaired) electrons.